The fourth-order valence-electron chi connectivity index (χ4n) is 1.69. The van der Waals surface area contributed by atoms with E-state index in [-0.39, 0.29) is 18.4 Å². The van der Waals surface area contributed by atoms with Crippen molar-refractivity contribution in [3.63, 3.8) is 0 Å². The minimum absolute atomic E-state index is 0.0306. The van der Waals surface area contributed by atoms with Gasteiger partial charge >= 0.3 is 0 Å². The first kappa shape index (κ1) is 9.65. The zero-order chi connectivity index (χ0) is 9.24. The maximum absolute atomic E-state index is 12.5. The zero-order valence-electron chi connectivity index (χ0n) is 7.37. The van der Waals surface area contributed by atoms with Crippen LogP contribution in [-0.2, 0) is 0 Å². The van der Waals surface area contributed by atoms with Crippen molar-refractivity contribution in [3.05, 3.63) is 12.7 Å². The van der Waals surface area contributed by atoms with Gasteiger partial charge in [0.25, 0.3) is 5.92 Å². The summed E-state index contributed by atoms with van der Waals surface area (Å²) in [6.45, 7) is 6.15. The highest BCUT2D eigenvalue weighted by Crippen LogP contribution is 2.45. The molecule has 0 amide bonds. The van der Waals surface area contributed by atoms with Crippen LogP contribution in [-0.4, -0.2) is 18.0 Å². The first-order valence-corrected chi connectivity index (χ1v) is 4.21. The van der Waals surface area contributed by atoms with Crippen LogP contribution in [0.4, 0.5) is 8.78 Å². The summed E-state index contributed by atoms with van der Waals surface area (Å²) in [5, 5.41) is 3.10. The van der Waals surface area contributed by atoms with E-state index in [1.807, 2.05) is 6.92 Å². The zero-order valence-corrected chi connectivity index (χ0v) is 7.37. The molecule has 1 aliphatic carbocycles. The Morgan fingerprint density at radius 3 is 2.50 bits per heavy atom. The van der Waals surface area contributed by atoms with Crippen molar-refractivity contribution in [2.24, 2.45) is 0 Å². The molecule has 1 fully saturated rings. The molecule has 1 aliphatic rings. The molecule has 0 atom stereocenters. The van der Waals surface area contributed by atoms with E-state index in [1.165, 1.54) is 0 Å². The number of hydrogen-bond acceptors (Lipinski definition) is 1. The molecule has 0 aliphatic heterocycles. The quantitative estimate of drug-likeness (QED) is 0.511. The molecule has 0 radical (unpaired) electrons. The third-order valence-electron chi connectivity index (χ3n) is 2.20. The predicted molar refractivity (Wildman–Crippen MR) is 45.4 cm³/mol. The summed E-state index contributed by atoms with van der Waals surface area (Å²) in [5.74, 6) is -2.43. The number of halogens is 2. The van der Waals surface area contributed by atoms with Crippen LogP contribution in [0.5, 0.6) is 0 Å². The lowest BCUT2D eigenvalue weighted by molar-refractivity contribution is -0.127. The fourth-order valence-corrected chi connectivity index (χ4v) is 1.69. The average molecular weight is 175 g/mol. The summed E-state index contributed by atoms with van der Waals surface area (Å²) in [4.78, 5) is 0. The van der Waals surface area contributed by atoms with Crippen molar-refractivity contribution in [1.82, 2.24) is 5.32 Å². The molecule has 0 spiro atoms. The Morgan fingerprint density at radius 2 is 2.08 bits per heavy atom. The predicted octanol–water partition coefficient (Wildman–Crippen LogP) is 2.34. The number of nitrogens with one attached hydrogen (secondary N) is 1. The minimum atomic E-state index is -2.43. The monoisotopic (exact) mass is 175 g/mol. The van der Waals surface area contributed by atoms with Crippen molar-refractivity contribution in [1.29, 1.82) is 0 Å². The molecule has 0 heterocycles. The molecule has 0 bridgehead atoms. The smallest absolute Gasteiger partial charge is 0.251 e. The Balaban J connectivity index is 2.21. The van der Waals surface area contributed by atoms with Crippen LogP contribution in [0, 0.1) is 0 Å². The Bertz CT molecular complexity index is 169. The van der Waals surface area contributed by atoms with Crippen molar-refractivity contribution >= 4 is 0 Å². The van der Waals surface area contributed by atoms with Gasteiger partial charge in [-0.05, 0) is 19.9 Å². The molecule has 1 nitrogen and oxygen atoms in total. The first-order valence-electron chi connectivity index (χ1n) is 4.21. The van der Waals surface area contributed by atoms with Crippen molar-refractivity contribution < 1.29 is 8.78 Å². The Morgan fingerprint density at radius 1 is 1.50 bits per heavy atom. The highest BCUT2D eigenvalue weighted by Gasteiger charge is 2.53. The molecule has 70 valence electrons. The highest BCUT2D eigenvalue weighted by atomic mass is 19.3. The maximum Gasteiger partial charge on any atom is 0.251 e. The van der Waals surface area contributed by atoms with Crippen LogP contribution in [0.3, 0.4) is 0 Å². The second-order valence-electron chi connectivity index (χ2n) is 3.77. The molecular formula is C9H15F2N. The number of alkyl halides is 2. The van der Waals surface area contributed by atoms with Gasteiger partial charge in [0.2, 0.25) is 0 Å². The van der Waals surface area contributed by atoms with Crippen LogP contribution in [0.25, 0.3) is 0 Å². The average Bonchev–Trinajstić information content (AvgIpc) is 1.83. The van der Waals surface area contributed by atoms with Gasteiger partial charge in [-0.25, -0.2) is 8.78 Å². The molecular weight excluding hydrogens is 160 g/mol. The maximum atomic E-state index is 12.5. The topological polar surface area (TPSA) is 12.0 Å². The largest absolute Gasteiger partial charge is 0.311 e. The van der Waals surface area contributed by atoms with Gasteiger partial charge in [0.1, 0.15) is 0 Å². The van der Waals surface area contributed by atoms with E-state index in [9.17, 15) is 8.78 Å². The van der Waals surface area contributed by atoms with Gasteiger partial charge in [-0.15, -0.1) is 6.58 Å². The van der Waals surface area contributed by atoms with Crippen molar-refractivity contribution in [3.8, 4) is 0 Å². The van der Waals surface area contributed by atoms with E-state index in [2.05, 4.69) is 11.9 Å². The molecule has 1 saturated carbocycles. The van der Waals surface area contributed by atoms with Gasteiger partial charge in [0.05, 0.1) is 0 Å². The van der Waals surface area contributed by atoms with E-state index in [0.717, 1.165) is 13.0 Å². The second kappa shape index (κ2) is 3.13. The summed E-state index contributed by atoms with van der Waals surface area (Å²) >= 11 is 0. The summed E-state index contributed by atoms with van der Waals surface area (Å²) in [6.07, 6.45) is 2.56. The van der Waals surface area contributed by atoms with Gasteiger partial charge in [-0.2, -0.15) is 0 Å². The van der Waals surface area contributed by atoms with Crippen LogP contribution >= 0.6 is 0 Å². The molecule has 1 N–H and O–H groups in total. The summed E-state index contributed by atoms with van der Waals surface area (Å²) in [6, 6.07) is 0. The molecule has 0 aromatic heterocycles. The first-order chi connectivity index (χ1) is 5.47. The Kier molecular flexibility index (Phi) is 2.52. The van der Waals surface area contributed by atoms with Gasteiger partial charge in [-0.3, -0.25) is 0 Å². The molecule has 0 aromatic rings. The molecule has 0 aromatic carbocycles. The normalized spacial score (nSPS) is 24.6. The van der Waals surface area contributed by atoms with Crippen molar-refractivity contribution in [2.75, 3.05) is 6.54 Å². The van der Waals surface area contributed by atoms with Gasteiger partial charge in [0.15, 0.2) is 0 Å². The Hall–Kier alpha value is -0.440. The molecule has 0 saturated heterocycles. The highest BCUT2D eigenvalue weighted by molar-refractivity contribution is 5.02. The summed E-state index contributed by atoms with van der Waals surface area (Å²) < 4.78 is 25.0. The van der Waals surface area contributed by atoms with E-state index >= 15 is 0 Å². The second-order valence-corrected chi connectivity index (χ2v) is 3.77. The molecule has 3 heteroatoms. The third-order valence-corrected chi connectivity index (χ3v) is 2.20. The standard InChI is InChI=1S/C9H15F2N/c1-3-4-5-12-8(2)6-9(10,11)7-8/h3,12H,1,4-7H2,2H3. The van der Waals surface area contributed by atoms with Gasteiger partial charge < -0.3 is 5.32 Å². The van der Waals surface area contributed by atoms with E-state index < -0.39 is 5.92 Å². The Labute approximate surface area is 71.8 Å². The third kappa shape index (κ3) is 2.27. The van der Waals surface area contributed by atoms with E-state index in [0.29, 0.717) is 0 Å². The van der Waals surface area contributed by atoms with E-state index in [1.54, 1.807) is 6.08 Å². The minimum Gasteiger partial charge on any atom is -0.311 e. The lowest BCUT2D eigenvalue weighted by Crippen LogP contribution is -2.58. The van der Waals surface area contributed by atoms with Crippen LogP contribution in [0.15, 0.2) is 12.7 Å². The van der Waals surface area contributed by atoms with Gasteiger partial charge in [0, 0.05) is 18.4 Å². The fraction of sp³-hybridized carbons (Fsp3) is 0.778. The van der Waals surface area contributed by atoms with E-state index in [4.69, 9.17) is 0 Å². The number of hydrogen-bond donors (Lipinski definition) is 1. The molecule has 1 rings (SSSR count). The molecule has 12 heavy (non-hydrogen) atoms. The van der Waals surface area contributed by atoms with Crippen molar-refractivity contribution in [2.45, 2.75) is 37.6 Å². The van der Waals surface area contributed by atoms with Crippen LogP contribution < -0.4 is 5.32 Å². The lowest BCUT2D eigenvalue weighted by atomic mass is 9.75. The van der Waals surface area contributed by atoms with Crippen LogP contribution in [0.1, 0.15) is 26.2 Å². The summed E-state index contributed by atoms with van der Waals surface area (Å²) in [5.41, 5.74) is -0.341. The SMILES string of the molecule is C=CCCNC1(C)CC(F)(F)C1. The lowest BCUT2D eigenvalue weighted by Gasteiger charge is -2.45. The van der Waals surface area contributed by atoms with Crippen LogP contribution in [0.2, 0.25) is 0 Å². The summed E-state index contributed by atoms with van der Waals surface area (Å²) in [7, 11) is 0. The van der Waals surface area contributed by atoms with Gasteiger partial charge in [-0.1, -0.05) is 6.08 Å². The number of rotatable bonds is 4. The molecule has 0 unspecified atom stereocenters.